The molecule has 2 unspecified atom stereocenters. The molecular formula is C20H22N2. The van der Waals surface area contributed by atoms with Crippen LogP contribution < -0.4 is 11.1 Å². The van der Waals surface area contributed by atoms with Gasteiger partial charge >= 0.3 is 0 Å². The van der Waals surface area contributed by atoms with Crippen LogP contribution in [0.3, 0.4) is 0 Å². The summed E-state index contributed by atoms with van der Waals surface area (Å²) in [4.78, 5) is 0. The highest BCUT2D eigenvalue weighted by molar-refractivity contribution is 5.90. The lowest BCUT2D eigenvalue weighted by Gasteiger charge is -2.30. The van der Waals surface area contributed by atoms with Crippen molar-refractivity contribution in [1.29, 1.82) is 0 Å². The Bertz CT molecular complexity index is 747. The number of allylic oxidation sites excluding steroid dienone is 6. The molecule has 0 radical (unpaired) electrons. The minimum absolute atomic E-state index is 0.0731. The van der Waals surface area contributed by atoms with Crippen molar-refractivity contribution in [2.24, 2.45) is 11.7 Å². The van der Waals surface area contributed by atoms with E-state index in [1.54, 1.807) is 0 Å². The van der Waals surface area contributed by atoms with Gasteiger partial charge in [0, 0.05) is 11.3 Å². The van der Waals surface area contributed by atoms with Gasteiger partial charge in [-0.05, 0) is 46.5 Å². The molecule has 4 rings (SSSR count). The van der Waals surface area contributed by atoms with E-state index < -0.39 is 0 Å². The van der Waals surface area contributed by atoms with E-state index in [9.17, 15) is 0 Å². The van der Waals surface area contributed by atoms with Crippen LogP contribution in [0.25, 0.3) is 5.57 Å². The van der Waals surface area contributed by atoms with Crippen molar-refractivity contribution >= 4 is 5.57 Å². The molecule has 2 atom stereocenters. The van der Waals surface area contributed by atoms with Crippen molar-refractivity contribution in [3.05, 3.63) is 77.0 Å². The van der Waals surface area contributed by atoms with Gasteiger partial charge in [-0.25, -0.2) is 0 Å². The normalized spacial score (nSPS) is 28.0. The van der Waals surface area contributed by atoms with E-state index in [1.807, 2.05) is 12.3 Å². The summed E-state index contributed by atoms with van der Waals surface area (Å²) in [5, 5.41) is 3.21. The fraction of sp³-hybridized carbons (Fsp3) is 0.300. The van der Waals surface area contributed by atoms with Crippen LogP contribution in [0.1, 0.15) is 31.4 Å². The maximum Gasteiger partial charge on any atom is 0.0970 e. The number of hydrogen-bond acceptors (Lipinski definition) is 2. The van der Waals surface area contributed by atoms with Gasteiger partial charge in [-0.1, -0.05) is 56.3 Å². The minimum Gasteiger partial charge on any atom is -0.372 e. The third kappa shape index (κ3) is 1.84. The number of benzene rings is 1. The first-order valence-electron chi connectivity index (χ1n) is 8.00. The molecule has 0 spiro atoms. The largest absolute Gasteiger partial charge is 0.372 e. The van der Waals surface area contributed by atoms with E-state index in [0.717, 1.165) is 6.42 Å². The molecule has 0 saturated heterocycles. The van der Waals surface area contributed by atoms with Crippen molar-refractivity contribution in [3.63, 3.8) is 0 Å². The lowest BCUT2D eigenvalue weighted by Crippen LogP contribution is -2.39. The summed E-state index contributed by atoms with van der Waals surface area (Å²) in [6.07, 6.45) is 11.9. The zero-order valence-electron chi connectivity index (χ0n) is 13.1. The molecule has 0 saturated carbocycles. The van der Waals surface area contributed by atoms with E-state index in [1.165, 1.54) is 27.8 Å². The Labute approximate surface area is 132 Å². The first-order valence-corrected chi connectivity index (χ1v) is 8.00. The summed E-state index contributed by atoms with van der Waals surface area (Å²) in [6, 6.07) is 8.80. The maximum atomic E-state index is 6.22. The first-order chi connectivity index (χ1) is 10.6. The second-order valence-electron chi connectivity index (χ2n) is 6.88. The summed E-state index contributed by atoms with van der Waals surface area (Å²) in [7, 11) is 0. The summed E-state index contributed by atoms with van der Waals surface area (Å²) in [6.45, 7) is 4.66. The van der Waals surface area contributed by atoms with Crippen molar-refractivity contribution in [2.45, 2.75) is 31.8 Å². The second-order valence-corrected chi connectivity index (χ2v) is 6.88. The van der Waals surface area contributed by atoms with Gasteiger partial charge in [0.2, 0.25) is 0 Å². The van der Waals surface area contributed by atoms with Gasteiger partial charge in [0.05, 0.1) is 6.17 Å². The lowest BCUT2D eigenvalue weighted by molar-refractivity contribution is 0.584. The Morgan fingerprint density at radius 3 is 2.86 bits per heavy atom. The fourth-order valence-electron chi connectivity index (χ4n) is 4.03. The van der Waals surface area contributed by atoms with Gasteiger partial charge < -0.3 is 11.1 Å². The topological polar surface area (TPSA) is 38.0 Å². The van der Waals surface area contributed by atoms with Crippen LogP contribution in [0.5, 0.6) is 0 Å². The maximum absolute atomic E-state index is 6.22. The Kier molecular flexibility index (Phi) is 2.92. The number of fused-ring (bicyclic) bond motifs is 3. The molecule has 1 aromatic carbocycles. The van der Waals surface area contributed by atoms with Crippen LogP contribution in [0.4, 0.5) is 0 Å². The second kappa shape index (κ2) is 4.72. The van der Waals surface area contributed by atoms with Crippen LogP contribution in [0, 0.1) is 5.92 Å². The van der Waals surface area contributed by atoms with E-state index in [-0.39, 0.29) is 11.6 Å². The molecule has 1 heterocycles. The average molecular weight is 290 g/mol. The molecule has 0 aromatic heterocycles. The third-order valence-corrected chi connectivity index (χ3v) is 5.25. The van der Waals surface area contributed by atoms with Gasteiger partial charge in [0.25, 0.3) is 0 Å². The predicted octanol–water partition coefficient (Wildman–Crippen LogP) is 3.64. The predicted molar refractivity (Wildman–Crippen MR) is 92.0 cm³/mol. The molecular weight excluding hydrogens is 268 g/mol. The summed E-state index contributed by atoms with van der Waals surface area (Å²) in [5.74, 6) is 0.389. The van der Waals surface area contributed by atoms with Crippen molar-refractivity contribution in [2.75, 3.05) is 0 Å². The van der Waals surface area contributed by atoms with Gasteiger partial charge in [-0.15, -0.1) is 0 Å². The van der Waals surface area contributed by atoms with Gasteiger partial charge in [0.15, 0.2) is 0 Å². The standard InChI is InChI=1S/C20H22N2/c1-20(2)17-8-4-3-6-15(17)16-10-9-13(12-18(16)20)14-7-5-11-22-19(14)21/h3-8,10-13,19,22H,9,21H2,1-2H3. The first kappa shape index (κ1) is 13.6. The Balaban J connectivity index is 1.79. The summed E-state index contributed by atoms with van der Waals surface area (Å²) < 4.78 is 0. The molecule has 2 nitrogen and oxygen atoms in total. The Morgan fingerprint density at radius 1 is 1.23 bits per heavy atom. The average Bonchev–Trinajstić information content (AvgIpc) is 2.76. The van der Waals surface area contributed by atoms with Gasteiger partial charge in [-0.3, -0.25) is 0 Å². The van der Waals surface area contributed by atoms with E-state index in [4.69, 9.17) is 5.73 Å². The summed E-state index contributed by atoms with van der Waals surface area (Å²) >= 11 is 0. The Hall–Kier alpha value is -2.06. The quantitative estimate of drug-likeness (QED) is 0.829. The molecule has 2 heteroatoms. The SMILES string of the molecule is CC1(C)C2=CC(C3=CC=CNC3N)CC=C2c2ccccc21. The van der Waals surface area contributed by atoms with Crippen LogP contribution in [0.2, 0.25) is 0 Å². The fourth-order valence-corrected chi connectivity index (χ4v) is 4.03. The highest BCUT2D eigenvalue weighted by Gasteiger charge is 2.39. The third-order valence-electron chi connectivity index (χ3n) is 5.25. The van der Waals surface area contributed by atoms with E-state index in [0.29, 0.717) is 5.92 Å². The smallest absolute Gasteiger partial charge is 0.0970 e. The molecule has 3 aliphatic rings. The number of hydrogen-bond donors (Lipinski definition) is 2. The lowest BCUT2D eigenvalue weighted by atomic mass is 9.76. The van der Waals surface area contributed by atoms with Crippen molar-refractivity contribution < 1.29 is 0 Å². The van der Waals surface area contributed by atoms with Crippen LogP contribution >= 0.6 is 0 Å². The highest BCUT2D eigenvalue weighted by Crippen LogP contribution is 2.52. The van der Waals surface area contributed by atoms with Crippen LogP contribution in [-0.2, 0) is 5.41 Å². The minimum atomic E-state index is -0.0753. The van der Waals surface area contributed by atoms with Crippen LogP contribution in [0.15, 0.2) is 65.9 Å². The van der Waals surface area contributed by atoms with Gasteiger partial charge in [-0.2, -0.15) is 0 Å². The molecule has 3 N–H and O–H groups in total. The van der Waals surface area contributed by atoms with Gasteiger partial charge in [0.1, 0.15) is 0 Å². The van der Waals surface area contributed by atoms with Crippen molar-refractivity contribution in [1.82, 2.24) is 5.32 Å². The van der Waals surface area contributed by atoms with E-state index in [2.05, 4.69) is 61.7 Å². The number of nitrogens with two attached hydrogens (primary N) is 1. The molecule has 1 aliphatic heterocycles. The monoisotopic (exact) mass is 290 g/mol. The number of dihydropyridines is 1. The highest BCUT2D eigenvalue weighted by atomic mass is 15.0. The molecule has 0 fully saturated rings. The zero-order chi connectivity index (χ0) is 15.3. The Morgan fingerprint density at radius 2 is 2.05 bits per heavy atom. The molecule has 0 amide bonds. The molecule has 112 valence electrons. The van der Waals surface area contributed by atoms with Crippen LogP contribution in [-0.4, -0.2) is 6.17 Å². The molecule has 22 heavy (non-hydrogen) atoms. The number of nitrogens with one attached hydrogen (secondary N) is 1. The van der Waals surface area contributed by atoms with Crippen molar-refractivity contribution in [3.8, 4) is 0 Å². The molecule has 2 aliphatic carbocycles. The molecule has 0 bridgehead atoms. The zero-order valence-corrected chi connectivity index (χ0v) is 13.1. The summed E-state index contributed by atoms with van der Waals surface area (Å²) in [5.41, 5.74) is 13.3. The number of rotatable bonds is 1. The molecule has 1 aromatic rings. The van der Waals surface area contributed by atoms with E-state index >= 15 is 0 Å².